The van der Waals surface area contributed by atoms with E-state index >= 15 is 0 Å². The molecule has 74 valence electrons. The molecule has 0 aromatic heterocycles. The minimum atomic E-state index is -3.52. The normalized spacial score (nSPS) is 10.2. The summed E-state index contributed by atoms with van der Waals surface area (Å²) in [5.74, 6) is 0. The van der Waals surface area contributed by atoms with E-state index in [9.17, 15) is 8.42 Å². The van der Waals surface area contributed by atoms with Crippen molar-refractivity contribution in [3.8, 4) is 0 Å². The quantitative estimate of drug-likeness (QED) is 0.751. The van der Waals surface area contributed by atoms with Crippen molar-refractivity contribution >= 4 is 10.0 Å². The molecule has 0 aliphatic heterocycles. The molecule has 0 heterocycles. The van der Waals surface area contributed by atoms with Crippen LogP contribution in [0.25, 0.3) is 0 Å². The zero-order valence-electron chi connectivity index (χ0n) is 8.11. The van der Waals surface area contributed by atoms with Crippen LogP contribution in [0, 0.1) is 6.92 Å². The van der Waals surface area contributed by atoms with E-state index in [0.717, 1.165) is 5.56 Å². The van der Waals surface area contributed by atoms with Crippen molar-refractivity contribution in [3.63, 3.8) is 0 Å². The zero-order valence-corrected chi connectivity index (χ0v) is 8.93. The van der Waals surface area contributed by atoms with Gasteiger partial charge in [0.25, 0.3) is 0 Å². The third kappa shape index (κ3) is 4.05. The average molecular weight is 201 g/mol. The number of benzene rings is 1. The monoisotopic (exact) mass is 201 g/mol. The molecule has 0 aliphatic carbocycles. The Kier molecular flexibility index (Phi) is 4.66. The highest BCUT2D eigenvalue weighted by molar-refractivity contribution is 7.89. The molecule has 1 aromatic carbocycles. The molecule has 0 fully saturated rings. The maximum atomic E-state index is 10.7. The lowest BCUT2D eigenvalue weighted by Crippen LogP contribution is -2.11. The van der Waals surface area contributed by atoms with Crippen LogP contribution in [-0.4, -0.2) is 8.42 Å². The van der Waals surface area contributed by atoms with E-state index < -0.39 is 10.0 Å². The van der Waals surface area contributed by atoms with Gasteiger partial charge in [0.05, 0.1) is 4.90 Å². The first kappa shape index (κ1) is 12.1. The van der Waals surface area contributed by atoms with Crippen LogP contribution in [0.3, 0.4) is 0 Å². The molecule has 0 saturated heterocycles. The molecule has 1 aromatic rings. The van der Waals surface area contributed by atoms with Crippen LogP contribution < -0.4 is 5.14 Å². The van der Waals surface area contributed by atoms with E-state index in [-0.39, 0.29) is 4.90 Å². The summed E-state index contributed by atoms with van der Waals surface area (Å²) in [5, 5.41) is 4.88. The number of sulfonamides is 1. The van der Waals surface area contributed by atoms with Crippen LogP contribution >= 0.6 is 0 Å². The van der Waals surface area contributed by atoms with Crippen molar-refractivity contribution in [2.75, 3.05) is 0 Å². The Hall–Kier alpha value is -0.870. The van der Waals surface area contributed by atoms with Crippen LogP contribution in [-0.2, 0) is 10.0 Å². The summed E-state index contributed by atoms with van der Waals surface area (Å²) in [4.78, 5) is 0.156. The molecule has 1 rings (SSSR count). The van der Waals surface area contributed by atoms with Gasteiger partial charge in [-0.25, -0.2) is 13.6 Å². The largest absolute Gasteiger partial charge is 0.238 e. The average Bonchev–Trinajstić information content (AvgIpc) is 2.07. The highest BCUT2D eigenvalue weighted by atomic mass is 32.2. The number of primary sulfonamides is 1. The van der Waals surface area contributed by atoms with Crippen LogP contribution in [0.5, 0.6) is 0 Å². The molecule has 0 amide bonds. The third-order valence-corrected chi connectivity index (χ3v) is 2.28. The molecule has 0 unspecified atom stereocenters. The lowest BCUT2D eigenvalue weighted by Gasteiger charge is -1.96. The lowest BCUT2D eigenvalue weighted by molar-refractivity contribution is 0.598. The van der Waals surface area contributed by atoms with Gasteiger partial charge in [0.2, 0.25) is 10.0 Å². The van der Waals surface area contributed by atoms with Gasteiger partial charge in [-0.15, -0.1) is 0 Å². The first-order valence-electron chi connectivity index (χ1n) is 4.09. The second-order valence-corrected chi connectivity index (χ2v) is 3.92. The van der Waals surface area contributed by atoms with Crippen molar-refractivity contribution in [1.29, 1.82) is 0 Å². The maximum Gasteiger partial charge on any atom is 0.238 e. The summed E-state index contributed by atoms with van der Waals surface area (Å²) >= 11 is 0. The number of hydrogen-bond acceptors (Lipinski definition) is 2. The van der Waals surface area contributed by atoms with Crippen molar-refractivity contribution in [1.82, 2.24) is 0 Å². The first-order valence-corrected chi connectivity index (χ1v) is 5.64. The minimum Gasteiger partial charge on any atom is -0.225 e. The fourth-order valence-corrected chi connectivity index (χ4v) is 1.24. The van der Waals surface area contributed by atoms with Gasteiger partial charge in [0.1, 0.15) is 0 Å². The van der Waals surface area contributed by atoms with Gasteiger partial charge in [-0.3, -0.25) is 0 Å². The van der Waals surface area contributed by atoms with E-state index in [1.807, 2.05) is 20.8 Å². The molecular formula is C9H15NO2S. The topological polar surface area (TPSA) is 60.2 Å². The molecule has 0 aliphatic rings. The Morgan fingerprint density at radius 1 is 1.08 bits per heavy atom. The molecule has 0 radical (unpaired) electrons. The van der Waals surface area contributed by atoms with Crippen molar-refractivity contribution in [3.05, 3.63) is 29.8 Å². The molecular weight excluding hydrogens is 186 g/mol. The summed E-state index contributed by atoms with van der Waals surface area (Å²) in [6, 6.07) is 6.40. The summed E-state index contributed by atoms with van der Waals surface area (Å²) in [6.45, 7) is 5.88. The number of aryl methyl sites for hydroxylation is 1. The summed E-state index contributed by atoms with van der Waals surface area (Å²) in [7, 11) is -3.52. The third-order valence-electron chi connectivity index (χ3n) is 1.35. The summed E-state index contributed by atoms with van der Waals surface area (Å²) < 4.78 is 21.4. The van der Waals surface area contributed by atoms with Gasteiger partial charge in [-0.1, -0.05) is 31.5 Å². The van der Waals surface area contributed by atoms with Crippen LogP contribution in [0.4, 0.5) is 0 Å². The van der Waals surface area contributed by atoms with Crippen LogP contribution in [0.15, 0.2) is 29.2 Å². The van der Waals surface area contributed by atoms with Crippen LogP contribution in [0.2, 0.25) is 0 Å². The fourth-order valence-electron chi connectivity index (χ4n) is 0.728. The number of hydrogen-bond donors (Lipinski definition) is 1. The molecule has 0 saturated carbocycles. The second kappa shape index (κ2) is 4.99. The molecule has 2 N–H and O–H groups in total. The summed E-state index contributed by atoms with van der Waals surface area (Å²) in [5.41, 5.74) is 1.01. The minimum absolute atomic E-state index is 0.156. The van der Waals surface area contributed by atoms with E-state index in [0.29, 0.717) is 0 Å². The second-order valence-electron chi connectivity index (χ2n) is 2.36. The van der Waals surface area contributed by atoms with Gasteiger partial charge in [-0.2, -0.15) is 0 Å². The van der Waals surface area contributed by atoms with Crippen molar-refractivity contribution < 1.29 is 8.42 Å². The Balaban J connectivity index is 0.000000671. The maximum absolute atomic E-state index is 10.7. The Morgan fingerprint density at radius 2 is 1.46 bits per heavy atom. The Morgan fingerprint density at radius 3 is 1.77 bits per heavy atom. The van der Waals surface area contributed by atoms with Gasteiger partial charge in [0.15, 0.2) is 0 Å². The molecule has 4 heteroatoms. The van der Waals surface area contributed by atoms with Gasteiger partial charge < -0.3 is 0 Å². The van der Waals surface area contributed by atoms with Crippen molar-refractivity contribution in [2.24, 2.45) is 5.14 Å². The molecule has 0 bridgehead atoms. The highest BCUT2D eigenvalue weighted by Crippen LogP contribution is 2.06. The molecule has 0 spiro atoms. The Labute approximate surface area is 79.6 Å². The van der Waals surface area contributed by atoms with E-state index in [1.165, 1.54) is 12.1 Å². The predicted octanol–water partition coefficient (Wildman–Crippen LogP) is 1.67. The zero-order chi connectivity index (χ0) is 10.5. The Bertz CT molecular complexity index is 340. The molecule has 3 nitrogen and oxygen atoms in total. The first-order chi connectivity index (χ1) is 6.00. The van der Waals surface area contributed by atoms with E-state index in [1.54, 1.807) is 12.1 Å². The highest BCUT2D eigenvalue weighted by Gasteiger charge is 2.04. The fraction of sp³-hybridized carbons (Fsp3) is 0.333. The standard InChI is InChI=1S/C7H9NO2S.C2H6/c1-6-2-4-7(5-3-6)11(8,9)10;1-2/h2-5H,1H3,(H2,8,9,10);1-2H3. The SMILES string of the molecule is CC.Cc1ccc(S(N)(=O)=O)cc1. The van der Waals surface area contributed by atoms with E-state index in [4.69, 9.17) is 5.14 Å². The van der Waals surface area contributed by atoms with Crippen molar-refractivity contribution in [2.45, 2.75) is 25.7 Å². The van der Waals surface area contributed by atoms with Gasteiger partial charge in [0, 0.05) is 0 Å². The van der Waals surface area contributed by atoms with Gasteiger partial charge >= 0.3 is 0 Å². The van der Waals surface area contributed by atoms with Crippen LogP contribution in [0.1, 0.15) is 19.4 Å². The lowest BCUT2D eigenvalue weighted by atomic mass is 10.2. The number of rotatable bonds is 1. The van der Waals surface area contributed by atoms with Gasteiger partial charge in [-0.05, 0) is 19.1 Å². The smallest absolute Gasteiger partial charge is 0.225 e. The molecule has 0 atom stereocenters. The summed E-state index contributed by atoms with van der Waals surface area (Å²) in [6.07, 6.45) is 0. The molecule has 13 heavy (non-hydrogen) atoms. The number of nitrogens with two attached hydrogens (primary N) is 1. The predicted molar refractivity (Wildman–Crippen MR) is 53.9 cm³/mol. The van der Waals surface area contributed by atoms with E-state index in [2.05, 4.69) is 0 Å².